The second kappa shape index (κ2) is 5.45. The van der Waals surface area contributed by atoms with E-state index >= 15 is 0 Å². The van der Waals surface area contributed by atoms with E-state index in [0.717, 1.165) is 18.4 Å². The van der Waals surface area contributed by atoms with Crippen LogP contribution in [0.1, 0.15) is 38.4 Å². The summed E-state index contributed by atoms with van der Waals surface area (Å²) >= 11 is 5.75. The van der Waals surface area contributed by atoms with Crippen LogP contribution in [-0.4, -0.2) is 13.2 Å². The Hall–Kier alpha value is -0.800. The van der Waals surface area contributed by atoms with Crippen molar-refractivity contribution >= 4 is 11.6 Å². The van der Waals surface area contributed by atoms with Gasteiger partial charge in [-0.05, 0) is 24.8 Å². The predicted octanol–water partition coefficient (Wildman–Crippen LogP) is 4.36. The van der Waals surface area contributed by atoms with Crippen LogP contribution in [0.5, 0.6) is 5.75 Å². The third kappa shape index (κ3) is 2.62. The molecule has 0 radical (unpaired) electrons. The minimum Gasteiger partial charge on any atom is -0.496 e. The fraction of sp³-hybridized carbons (Fsp3) is 0.571. The summed E-state index contributed by atoms with van der Waals surface area (Å²) in [6.45, 7) is 4.26. The van der Waals surface area contributed by atoms with Crippen molar-refractivity contribution in [1.82, 2.24) is 0 Å². The smallest absolute Gasteiger partial charge is 0.142 e. The molecule has 0 amide bonds. The highest BCUT2D eigenvalue weighted by Crippen LogP contribution is 2.40. The van der Waals surface area contributed by atoms with E-state index in [1.54, 1.807) is 7.11 Å². The molecule has 1 heterocycles. The first-order valence-corrected chi connectivity index (χ1v) is 6.59. The van der Waals surface area contributed by atoms with Crippen molar-refractivity contribution in [2.75, 3.05) is 7.11 Å². The monoisotopic (exact) mass is 272 g/mol. The van der Waals surface area contributed by atoms with Gasteiger partial charge in [-0.2, -0.15) is 0 Å². The first-order valence-electron chi connectivity index (χ1n) is 6.21. The fourth-order valence-corrected chi connectivity index (χ4v) is 2.51. The van der Waals surface area contributed by atoms with Crippen LogP contribution in [0.2, 0.25) is 5.02 Å². The Bertz CT molecular complexity index is 434. The zero-order valence-electron chi connectivity index (χ0n) is 10.9. The molecule has 1 aromatic carbocycles. The molecule has 0 saturated carbocycles. The summed E-state index contributed by atoms with van der Waals surface area (Å²) in [5.74, 6) is 0.637. The largest absolute Gasteiger partial charge is 0.496 e. The minimum atomic E-state index is -0.427. The van der Waals surface area contributed by atoms with Crippen LogP contribution in [-0.2, 0) is 4.74 Å². The van der Waals surface area contributed by atoms with Crippen LogP contribution in [0.4, 0.5) is 4.39 Å². The van der Waals surface area contributed by atoms with Gasteiger partial charge in [-0.15, -0.1) is 0 Å². The van der Waals surface area contributed by atoms with Crippen molar-refractivity contribution in [2.24, 2.45) is 5.92 Å². The molecule has 100 valence electrons. The van der Waals surface area contributed by atoms with Gasteiger partial charge >= 0.3 is 0 Å². The molecular weight excluding hydrogens is 255 g/mol. The van der Waals surface area contributed by atoms with E-state index in [2.05, 4.69) is 13.8 Å². The van der Waals surface area contributed by atoms with E-state index in [9.17, 15) is 4.39 Å². The highest BCUT2D eigenvalue weighted by atomic mass is 35.5. The lowest BCUT2D eigenvalue weighted by Crippen LogP contribution is -2.14. The number of hydrogen-bond acceptors (Lipinski definition) is 2. The van der Waals surface area contributed by atoms with Crippen LogP contribution in [0, 0.1) is 11.7 Å². The highest BCUT2D eigenvalue weighted by molar-refractivity contribution is 6.30. The molecule has 1 saturated heterocycles. The molecule has 1 fully saturated rings. The molecule has 0 aromatic heterocycles. The van der Waals surface area contributed by atoms with Crippen molar-refractivity contribution in [3.63, 3.8) is 0 Å². The Labute approximate surface area is 112 Å². The van der Waals surface area contributed by atoms with Crippen LogP contribution < -0.4 is 4.74 Å². The van der Waals surface area contributed by atoms with Crippen LogP contribution in [0.15, 0.2) is 12.1 Å². The quantitative estimate of drug-likeness (QED) is 0.814. The maximum Gasteiger partial charge on any atom is 0.142 e. The molecule has 2 atom stereocenters. The van der Waals surface area contributed by atoms with Gasteiger partial charge < -0.3 is 9.47 Å². The standard InChI is InChI=1S/C14H18ClFO2/c1-8(2)12-4-5-13(18-12)9-6-11(16)10(15)7-14(9)17-3/h6-8,12-13H,4-5H2,1-3H3/t12-,13+/m0/s1. The first-order chi connectivity index (χ1) is 8.52. The zero-order valence-corrected chi connectivity index (χ0v) is 11.6. The third-order valence-corrected chi connectivity index (χ3v) is 3.71. The number of halogens is 2. The Kier molecular flexibility index (Phi) is 4.13. The van der Waals surface area contributed by atoms with E-state index in [4.69, 9.17) is 21.1 Å². The van der Waals surface area contributed by atoms with Gasteiger partial charge in [0.1, 0.15) is 11.6 Å². The second-order valence-corrected chi connectivity index (χ2v) is 5.40. The van der Waals surface area contributed by atoms with Gasteiger partial charge in [0.25, 0.3) is 0 Å². The zero-order chi connectivity index (χ0) is 13.3. The number of rotatable bonds is 3. The van der Waals surface area contributed by atoms with Crippen molar-refractivity contribution in [1.29, 1.82) is 0 Å². The molecule has 0 aliphatic carbocycles. The molecule has 1 aliphatic heterocycles. The average Bonchev–Trinajstić information content (AvgIpc) is 2.81. The Balaban J connectivity index is 2.26. The lowest BCUT2D eigenvalue weighted by molar-refractivity contribution is 0.0176. The molecule has 0 bridgehead atoms. The summed E-state index contributed by atoms with van der Waals surface area (Å²) < 4.78 is 24.8. The molecule has 2 rings (SSSR count). The van der Waals surface area contributed by atoms with Gasteiger partial charge in [0, 0.05) is 11.6 Å². The van der Waals surface area contributed by atoms with Crippen LogP contribution in [0.25, 0.3) is 0 Å². The molecule has 1 aliphatic rings. The summed E-state index contributed by atoms with van der Waals surface area (Å²) in [5.41, 5.74) is 0.752. The lowest BCUT2D eigenvalue weighted by atomic mass is 10.0. The summed E-state index contributed by atoms with van der Waals surface area (Å²) in [7, 11) is 1.56. The molecular formula is C14H18ClFO2. The van der Waals surface area contributed by atoms with Gasteiger partial charge in [-0.3, -0.25) is 0 Å². The van der Waals surface area contributed by atoms with Gasteiger partial charge in [0.05, 0.1) is 24.3 Å². The third-order valence-electron chi connectivity index (χ3n) is 3.42. The molecule has 2 nitrogen and oxygen atoms in total. The van der Waals surface area contributed by atoms with Gasteiger partial charge in [-0.25, -0.2) is 4.39 Å². The number of benzene rings is 1. The van der Waals surface area contributed by atoms with Crippen LogP contribution >= 0.6 is 11.6 Å². The van der Waals surface area contributed by atoms with Gasteiger partial charge in [-0.1, -0.05) is 25.4 Å². The highest BCUT2D eigenvalue weighted by Gasteiger charge is 2.30. The Morgan fingerprint density at radius 1 is 1.39 bits per heavy atom. The Morgan fingerprint density at radius 2 is 2.11 bits per heavy atom. The SMILES string of the molecule is COc1cc(Cl)c(F)cc1[C@H]1CC[C@@H](C(C)C)O1. The summed E-state index contributed by atoms with van der Waals surface area (Å²) in [6.07, 6.45) is 2.02. The summed E-state index contributed by atoms with van der Waals surface area (Å²) in [5, 5.41) is 0.0778. The summed E-state index contributed by atoms with van der Waals surface area (Å²) in [4.78, 5) is 0. The van der Waals surface area contributed by atoms with Gasteiger partial charge in [0.2, 0.25) is 0 Å². The second-order valence-electron chi connectivity index (χ2n) is 4.99. The predicted molar refractivity (Wildman–Crippen MR) is 69.6 cm³/mol. The minimum absolute atomic E-state index is 0.0778. The number of ether oxygens (including phenoxy) is 2. The molecule has 0 N–H and O–H groups in total. The van der Waals surface area contributed by atoms with Gasteiger partial charge in [0.15, 0.2) is 0 Å². The van der Waals surface area contributed by atoms with E-state index in [-0.39, 0.29) is 17.2 Å². The van der Waals surface area contributed by atoms with E-state index in [1.807, 2.05) is 0 Å². The Morgan fingerprint density at radius 3 is 2.67 bits per heavy atom. The van der Waals surface area contributed by atoms with Crippen molar-refractivity contribution in [3.05, 3.63) is 28.5 Å². The molecule has 18 heavy (non-hydrogen) atoms. The van der Waals surface area contributed by atoms with Crippen LogP contribution in [0.3, 0.4) is 0 Å². The average molecular weight is 273 g/mol. The molecule has 1 aromatic rings. The summed E-state index contributed by atoms with van der Waals surface area (Å²) in [6, 6.07) is 2.94. The molecule has 4 heteroatoms. The van der Waals surface area contributed by atoms with Crippen molar-refractivity contribution in [2.45, 2.75) is 38.9 Å². The number of hydrogen-bond donors (Lipinski definition) is 0. The topological polar surface area (TPSA) is 18.5 Å². The maximum absolute atomic E-state index is 13.6. The molecule has 0 unspecified atom stereocenters. The first kappa shape index (κ1) is 13.6. The fourth-order valence-electron chi connectivity index (χ4n) is 2.35. The lowest BCUT2D eigenvalue weighted by Gasteiger charge is -2.19. The normalized spacial score (nSPS) is 23.7. The molecule has 0 spiro atoms. The van der Waals surface area contributed by atoms with Crippen molar-refractivity contribution in [3.8, 4) is 5.75 Å². The van der Waals surface area contributed by atoms with E-state index in [1.165, 1.54) is 12.1 Å². The van der Waals surface area contributed by atoms with E-state index in [0.29, 0.717) is 11.7 Å². The maximum atomic E-state index is 13.6. The van der Waals surface area contributed by atoms with Crippen molar-refractivity contribution < 1.29 is 13.9 Å². The number of methoxy groups -OCH3 is 1. The van der Waals surface area contributed by atoms with E-state index < -0.39 is 5.82 Å².